The van der Waals surface area contributed by atoms with Crippen molar-refractivity contribution in [3.8, 4) is 12.1 Å². The molecule has 152 valence electrons. The summed E-state index contributed by atoms with van der Waals surface area (Å²) in [5, 5.41) is 16.5. The van der Waals surface area contributed by atoms with Crippen molar-refractivity contribution in [2.24, 2.45) is 11.8 Å². The van der Waals surface area contributed by atoms with Crippen LogP contribution in [0.5, 0.6) is 0 Å². The lowest BCUT2D eigenvalue weighted by Crippen LogP contribution is -1.98. The lowest BCUT2D eigenvalue weighted by Gasteiger charge is -2.12. The Kier molecular flexibility index (Phi) is 15.8. The molecule has 0 aromatic rings. The molecule has 0 aromatic carbocycles. The summed E-state index contributed by atoms with van der Waals surface area (Å²) in [5.74, 6) is 1.13. The van der Waals surface area contributed by atoms with Crippen molar-refractivity contribution in [2.45, 2.75) is 65.2 Å². The van der Waals surface area contributed by atoms with Crippen LogP contribution < -0.4 is 0 Å². The zero-order valence-electron chi connectivity index (χ0n) is 16.6. The molecule has 2 saturated carbocycles. The van der Waals surface area contributed by atoms with Crippen LogP contribution in [0.3, 0.4) is 0 Å². The molecular formula is C20H33N2O4P. The largest absolute Gasteiger partial charge is 0.344 e. The first-order valence-corrected chi connectivity index (χ1v) is 11.5. The monoisotopic (exact) mass is 396 g/mol. The second kappa shape index (κ2) is 16.7. The molecule has 0 bridgehead atoms. The Morgan fingerprint density at radius 1 is 0.963 bits per heavy atom. The van der Waals surface area contributed by atoms with Crippen molar-refractivity contribution in [1.29, 1.82) is 10.5 Å². The third-order valence-electron chi connectivity index (χ3n) is 4.35. The number of hydrogen-bond acceptors (Lipinski definition) is 6. The molecule has 7 heteroatoms. The summed E-state index contributed by atoms with van der Waals surface area (Å²) in [5.41, 5.74) is 0. The van der Waals surface area contributed by atoms with Crippen LogP contribution in [0.25, 0.3) is 0 Å². The number of rotatable bonds is 7. The lowest BCUT2D eigenvalue weighted by atomic mass is 10.1. The van der Waals surface area contributed by atoms with Crippen LogP contribution in [0.15, 0.2) is 12.2 Å². The van der Waals surface area contributed by atoms with Gasteiger partial charge in [0.1, 0.15) is 12.4 Å². The fraction of sp³-hybridized carbons (Fsp3) is 0.750. The average molecular weight is 396 g/mol. The molecule has 0 N–H and O–H groups in total. The van der Waals surface area contributed by atoms with Gasteiger partial charge in [-0.15, -0.1) is 0 Å². The van der Waals surface area contributed by atoms with Crippen molar-refractivity contribution < 1.29 is 18.4 Å². The van der Waals surface area contributed by atoms with Gasteiger partial charge in [0.2, 0.25) is 0 Å². The molecule has 2 fully saturated rings. The number of nitriles is 2. The molecule has 0 radical (unpaired) electrons. The van der Waals surface area contributed by atoms with Gasteiger partial charge in [0, 0.05) is 12.0 Å². The zero-order chi connectivity index (χ0) is 20.4. The summed E-state index contributed by atoms with van der Waals surface area (Å²) in [6.45, 7) is 4.03. The van der Waals surface area contributed by atoms with Gasteiger partial charge in [-0.2, -0.15) is 10.5 Å². The topological polar surface area (TPSA) is 100 Å². The van der Waals surface area contributed by atoms with Gasteiger partial charge in [-0.3, -0.25) is 4.57 Å². The number of carbonyl (C=O) groups is 1. The SMILES string of the molecule is CCOP(=O)(CC#N)OCC.N#CC=CC1CCCC1.O=CC1CCCC1. The molecule has 0 unspecified atom stereocenters. The van der Waals surface area contributed by atoms with E-state index in [2.05, 4.69) is 0 Å². The third-order valence-corrected chi connectivity index (χ3v) is 6.18. The van der Waals surface area contributed by atoms with Crippen molar-refractivity contribution in [3.63, 3.8) is 0 Å². The molecule has 0 aromatic heterocycles. The van der Waals surface area contributed by atoms with Crippen molar-refractivity contribution in [2.75, 3.05) is 19.4 Å². The molecule has 2 aliphatic rings. The fourth-order valence-electron chi connectivity index (χ4n) is 3.03. The van der Waals surface area contributed by atoms with E-state index in [1.165, 1.54) is 38.5 Å². The van der Waals surface area contributed by atoms with E-state index in [4.69, 9.17) is 19.6 Å². The first-order chi connectivity index (χ1) is 13.0. The molecule has 0 heterocycles. The van der Waals surface area contributed by atoms with E-state index < -0.39 is 7.60 Å². The second-order valence-electron chi connectivity index (χ2n) is 6.48. The van der Waals surface area contributed by atoms with Crippen LogP contribution in [0.4, 0.5) is 0 Å². The Morgan fingerprint density at radius 2 is 1.44 bits per heavy atom. The van der Waals surface area contributed by atoms with E-state index >= 15 is 0 Å². The van der Waals surface area contributed by atoms with Gasteiger partial charge in [-0.1, -0.05) is 31.8 Å². The highest BCUT2D eigenvalue weighted by Gasteiger charge is 2.22. The molecule has 0 atom stereocenters. The van der Waals surface area contributed by atoms with E-state index in [1.54, 1.807) is 26.0 Å². The highest BCUT2D eigenvalue weighted by molar-refractivity contribution is 7.54. The molecule has 0 saturated heterocycles. The Balaban J connectivity index is 0.000000383. The number of allylic oxidation sites excluding steroid dienone is 2. The van der Waals surface area contributed by atoms with Gasteiger partial charge in [-0.05, 0) is 45.4 Å². The van der Waals surface area contributed by atoms with Crippen molar-refractivity contribution in [3.05, 3.63) is 12.2 Å². The molecule has 0 spiro atoms. The highest BCUT2D eigenvalue weighted by atomic mass is 31.2. The number of hydrogen-bond donors (Lipinski definition) is 0. The van der Waals surface area contributed by atoms with Gasteiger partial charge in [0.05, 0.1) is 25.4 Å². The minimum atomic E-state index is -3.08. The predicted octanol–water partition coefficient (Wildman–Crippen LogP) is 5.41. The minimum Gasteiger partial charge on any atom is -0.308 e. The molecule has 2 aliphatic carbocycles. The van der Waals surface area contributed by atoms with Crippen molar-refractivity contribution in [1.82, 2.24) is 0 Å². The van der Waals surface area contributed by atoms with Gasteiger partial charge >= 0.3 is 7.60 Å². The normalized spacial score (nSPS) is 17.3. The first kappa shape index (κ1) is 25.5. The molecular weight excluding hydrogens is 363 g/mol. The van der Waals surface area contributed by atoms with Crippen LogP contribution in [-0.4, -0.2) is 25.7 Å². The standard InChI is InChI=1S/C8H11N.C6H12NO3P.C6H10O/c9-7-3-6-8-4-1-2-5-8;1-3-9-11(8,6-5-7)10-4-2;7-5-6-3-1-2-4-6/h3,6,8H,1-2,4-5H2;3-4,6H2,1-2H3;5-6H,1-4H2. The summed E-state index contributed by atoms with van der Waals surface area (Å²) in [6.07, 6.45) is 14.7. The van der Waals surface area contributed by atoms with Crippen LogP contribution >= 0.6 is 7.60 Å². The summed E-state index contributed by atoms with van der Waals surface area (Å²) in [7, 11) is -3.08. The van der Waals surface area contributed by atoms with E-state index in [9.17, 15) is 9.36 Å². The lowest BCUT2D eigenvalue weighted by molar-refractivity contribution is -0.110. The zero-order valence-corrected chi connectivity index (χ0v) is 17.5. The smallest absolute Gasteiger partial charge is 0.308 e. The van der Waals surface area contributed by atoms with E-state index in [0.717, 1.165) is 19.1 Å². The number of nitrogens with zero attached hydrogens (tertiary/aromatic N) is 2. The average Bonchev–Trinajstić information content (AvgIpc) is 3.35. The molecule has 0 amide bonds. The summed E-state index contributed by atoms with van der Waals surface area (Å²) in [6, 6.07) is 3.78. The maximum absolute atomic E-state index is 11.3. The van der Waals surface area contributed by atoms with E-state index in [0.29, 0.717) is 25.0 Å². The molecule has 6 nitrogen and oxygen atoms in total. The van der Waals surface area contributed by atoms with Crippen molar-refractivity contribution >= 4 is 13.9 Å². The summed E-state index contributed by atoms with van der Waals surface area (Å²) >= 11 is 0. The van der Waals surface area contributed by atoms with Crippen LogP contribution in [-0.2, 0) is 18.4 Å². The Labute approximate surface area is 164 Å². The predicted molar refractivity (Wildman–Crippen MR) is 106 cm³/mol. The summed E-state index contributed by atoms with van der Waals surface area (Å²) < 4.78 is 21.0. The van der Waals surface area contributed by atoms with Crippen LogP contribution in [0.1, 0.15) is 65.2 Å². The van der Waals surface area contributed by atoms with Crippen LogP contribution in [0.2, 0.25) is 0 Å². The fourth-order valence-corrected chi connectivity index (χ4v) is 4.25. The van der Waals surface area contributed by atoms with Gasteiger partial charge in [0.15, 0.2) is 0 Å². The molecule has 27 heavy (non-hydrogen) atoms. The molecule has 2 rings (SSSR count). The first-order valence-electron chi connectivity index (χ1n) is 9.81. The number of aldehydes is 1. The maximum atomic E-state index is 11.3. The quantitative estimate of drug-likeness (QED) is 0.324. The van der Waals surface area contributed by atoms with Gasteiger partial charge in [0.25, 0.3) is 0 Å². The van der Waals surface area contributed by atoms with E-state index in [1.807, 2.05) is 12.1 Å². The Bertz CT molecular complexity index is 529. The van der Waals surface area contributed by atoms with E-state index in [-0.39, 0.29) is 6.16 Å². The molecule has 0 aliphatic heterocycles. The highest BCUT2D eigenvalue weighted by Crippen LogP contribution is 2.47. The number of carbonyl (C=O) groups excluding carboxylic acids is 1. The minimum absolute atomic E-state index is 0.172. The summed E-state index contributed by atoms with van der Waals surface area (Å²) in [4.78, 5) is 10.0. The van der Waals surface area contributed by atoms with Gasteiger partial charge < -0.3 is 13.8 Å². The second-order valence-corrected chi connectivity index (χ2v) is 8.53. The Morgan fingerprint density at radius 3 is 1.78 bits per heavy atom. The third kappa shape index (κ3) is 13.4. The van der Waals surface area contributed by atoms with Crippen LogP contribution in [0, 0.1) is 34.5 Å². The van der Waals surface area contributed by atoms with Gasteiger partial charge in [-0.25, -0.2) is 0 Å². The Hall–Kier alpha value is -1.46. The maximum Gasteiger partial charge on any atom is 0.344 e.